The van der Waals surface area contributed by atoms with Gasteiger partial charge in [0.15, 0.2) is 0 Å². The van der Waals surface area contributed by atoms with Crippen LogP contribution < -0.4 is 0 Å². The molecule has 1 fully saturated rings. The molecule has 0 aromatic carbocycles. The van der Waals surface area contributed by atoms with Crippen LogP contribution >= 0.6 is 0 Å². The summed E-state index contributed by atoms with van der Waals surface area (Å²) in [7, 11) is 0. The van der Waals surface area contributed by atoms with Gasteiger partial charge in [-0.2, -0.15) is 0 Å². The summed E-state index contributed by atoms with van der Waals surface area (Å²) < 4.78 is 5.36. The van der Waals surface area contributed by atoms with Crippen molar-refractivity contribution in [2.75, 3.05) is 13.1 Å². The molecule has 1 unspecified atom stereocenters. The summed E-state index contributed by atoms with van der Waals surface area (Å²) in [4.78, 5) is 25.8. The fourth-order valence-corrected chi connectivity index (χ4v) is 2.58. The van der Waals surface area contributed by atoms with Gasteiger partial charge in [0.2, 0.25) is 0 Å². The molecule has 1 aliphatic heterocycles. The number of rotatable bonds is 4. The molecule has 1 aliphatic rings. The van der Waals surface area contributed by atoms with Crippen molar-refractivity contribution in [2.45, 2.75) is 71.5 Å². The highest BCUT2D eigenvalue weighted by Crippen LogP contribution is 2.28. The van der Waals surface area contributed by atoms with Crippen LogP contribution in [0.15, 0.2) is 0 Å². The third kappa shape index (κ3) is 5.30. The van der Waals surface area contributed by atoms with Gasteiger partial charge in [-0.05, 0) is 40.0 Å². The van der Waals surface area contributed by atoms with Crippen molar-refractivity contribution in [1.29, 1.82) is 0 Å². The van der Waals surface area contributed by atoms with E-state index in [1.165, 1.54) is 0 Å². The van der Waals surface area contributed by atoms with Crippen LogP contribution in [0.2, 0.25) is 0 Å². The normalized spacial score (nSPS) is 20.6. The van der Waals surface area contributed by atoms with E-state index < -0.39 is 11.2 Å². The van der Waals surface area contributed by atoms with Gasteiger partial charge >= 0.3 is 6.09 Å². The first-order valence-electron chi connectivity index (χ1n) is 7.83. The topological polar surface area (TPSA) is 66.8 Å². The fourth-order valence-electron chi connectivity index (χ4n) is 2.58. The SMILES string of the molecule is CCC(O)(CC)CC1CN(C(=O)OC(C)(C)C)CCC1=O. The Bertz CT molecular complexity index is 382. The van der Waals surface area contributed by atoms with E-state index in [1.54, 1.807) is 4.90 Å². The Morgan fingerprint density at radius 1 is 1.33 bits per heavy atom. The lowest BCUT2D eigenvalue weighted by atomic mass is 9.82. The summed E-state index contributed by atoms with van der Waals surface area (Å²) >= 11 is 0. The van der Waals surface area contributed by atoms with Crippen molar-refractivity contribution in [3.8, 4) is 0 Å². The van der Waals surface area contributed by atoms with E-state index in [0.717, 1.165) is 0 Å². The van der Waals surface area contributed by atoms with Crippen LogP contribution in [0.3, 0.4) is 0 Å². The Labute approximate surface area is 127 Å². The van der Waals surface area contributed by atoms with Gasteiger partial charge < -0.3 is 14.7 Å². The van der Waals surface area contributed by atoms with Gasteiger partial charge in [-0.25, -0.2) is 4.79 Å². The second kappa shape index (κ2) is 6.77. The molecular weight excluding hydrogens is 270 g/mol. The molecule has 0 radical (unpaired) electrons. The predicted molar refractivity (Wildman–Crippen MR) is 81.1 cm³/mol. The number of nitrogens with zero attached hydrogens (tertiary/aromatic N) is 1. The number of hydrogen-bond acceptors (Lipinski definition) is 4. The maximum atomic E-state index is 12.1. The van der Waals surface area contributed by atoms with Gasteiger partial charge in [-0.15, -0.1) is 0 Å². The first kappa shape index (κ1) is 18.0. The highest BCUT2D eigenvalue weighted by atomic mass is 16.6. The van der Waals surface area contributed by atoms with Crippen molar-refractivity contribution >= 4 is 11.9 Å². The Kier molecular flexibility index (Phi) is 5.79. The standard InChI is InChI=1S/C16H29NO4/c1-6-16(20,7-2)10-12-11-17(9-8-13(12)18)14(19)21-15(3,4)5/h12,20H,6-11H2,1-5H3. The average molecular weight is 299 g/mol. The molecule has 122 valence electrons. The van der Waals surface area contributed by atoms with Gasteiger partial charge in [0.25, 0.3) is 0 Å². The lowest BCUT2D eigenvalue weighted by molar-refractivity contribution is -0.129. The Hall–Kier alpha value is -1.10. The van der Waals surface area contributed by atoms with E-state index in [2.05, 4.69) is 0 Å². The van der Waals surface area contributed by atoms with Crippen LogP contribution in [0, 0.1) is 5.92 Å². The Morgan fingerprint density at radius 3 is 2.38 bits per heavy atom. The fraction of sp³-hybridized carbons (Fsp3) is 0.875. The summed E-state index contributed by atoms with van der Waals surface area (Å²) in [5, 5.41) is 10.4. The molecule has 0 aromatic heterocycles. The molecule has 0 aliphatic carbocycles. The monoisotopic (exact) mass is 299 g/mol. The Morgan fingerprint density at radius 2 is 1.90 bits per heavy atom. The molecule has 0 bridgehead atoms. The van der Waals surface area contributed by atoms with Gasteiger partial charge in [0.1, 0.15) is 11.4 Å². The highest BCUT2D eigenvalue weighted by Gasteiger charge is 2.36. The zero-order valence-electron chi connectivity index (χ0n) is 13.9. The zero-order valence-corrected chi connectivity index (χ0v) is 13.9. The van der Waals surface area contributed by atoms with E-state index in [0.29, 0.717) is 38.8 Å². The number of ether oxygens (including phenoxy) is 1. The lowest BCUT2D eigenvalue weighted by Crippen LogP contribution is -2.48. The molecular formula is C16H29NO4. The molecule has 0 spiro atoms. The minimum atomic E-state index is -0.822. The van der Waals surface area contributed by atoms with Crippen molar-refractivity contribution in [3.63, 3.8) is 0 Å². The van der Waals surface area contributed by atoms with E-state index in [-0.39, 0.29) is 17.8 Å². The number of hydrogen-bond donors (Lipinski definition) is 1. The predicted octanol–water partition coefficient (Wildman–Crippen LogP) is 2.75. The van der Waals surface area contributed by atoms with Crippen molar-refractivity contribution in [2.24, 2.45) is 5.92 Å². The quantitative estimate of drug-likeness (QED) is 0.866. The van der Waals surface area contributed by atoms with E-state index in [9.17, 15) is 14.7 Å². The molecule has 1 N–H and O–H groups in total. The van der Waals surface area contributed by atoms with E-state index in [4.69, 9.17) is 4.74 Å². The number of amides is 1. The van der Waals surface area contributed by atoms with Gasteiger partial charge in [0.05, 0.1) is 5.60 Å². The summed E-state index contributed by atoms with van der Waals surface area (Å²) in [6.45, 7) is 10.1. The molecule has 21 heavy (non-hydrogen) atoms. The summed E-state index contributed by atoms with van der Waals surface area (Å²) in [5.74, 6) is -0.161. The van der Waals surface area contributed by atoms with Crippen LogP contribution in [0.4, 0.5) is 4.79 Å². The smallest absolute Gasteiger partial charge is 0.410 e. The summed E-state index contributed by atoms with van der Waals surface area (Å²) in [6.07, 6.45) is 1.60. The van der Waals surface area contributed by atoms with Crippen LogP contribution in [0.25, 0.3) is 0 Å². The maximum absolute atomic E-state index is 12.1. The Balaban J connectivity index is 2.70. The molecule has 1 heterocycles. The summed E-state index contributed by atoms with van der Waals surface area (Å²) in [5.41, 5.74) is -1.36. The van der Waals surface area contributed by atoms with Crippen LogP contribution in [0.1, 0.15) is 60.3 Å². The van der Waals surface area contributed by atoms with Crippen molar-refractivity contribution in [1.82, 2.24) is 4.90 Å². The number of ketones is 1. The van der Waals surface area contributed by atoms with Crippen molar-refractivity contribution in [3.05, 3.63) is 0 Å². The molecule has 1 saturated heterocycles. The maximum Gasteiger partial charge on any atom is 0.410 e. The highest BCUT2D eigenvalue weighted by molar-refractivity contribution is 5.84. The number of likely N-dealkylation sites (tertiary alicyclic amines) is 1. The van der Waals surface area contributed by atoms with Crippen LogP contribution in [0.5, 0.6) is 0 Å². The molecule has 5 heteroatoms. The molecule has 0 saturated carbocycles. The number of carbonyl (C=O) groups is 2. The minimum Gasteiger partial charge on any atom is -0.444 e. The molecule has 1 atom stereocenters. The summed E-state index contributed by atoms with van der Waals surface area (Å²) in [6, 6.07) is 0. The van der Waals surface area contributed by atoms with E-state index >= 15 is 0 Å². The number of Topliss-reactive ketones (excluding diaryl/α,β-unsaturated/α-hetero) is 1. The molecule has 0 aromatic rings. The van der Waals surface area contributed by atoms with Gasteiger partial charge in [0, 0.05) is 25.4 Å². The second-order valence-corrected chi connectivity index (χ2v) is 6.98. The van der Waals surface area contributed by atoms with Crippen molar-refractivity contribution < 1.29 is 19.4 Å². The van der Waals surface area contributed by atoms with Gasteiger partial charge in [-0.1, -0.05) is 13.8 Å². The molecule has 1 amide bonds. The minimum absolute atomic E-state index is 0.134. The third-order valence-corrected chi connectivity index (χ3v) is 4.12. The first-order valence-corrected chi connectivity index (χ1v) is 7.83. The number of piperidine rings is 1. The largest absolute Gasteiger partial charge is 0.444 e. The zero-order chi connectivity index (χ0) is 16.3. The lowest BCUT2D eigenvalue weighted by Gasteiger charge is -2.36. The third-order valence-electron chi connectivity index (χ3n) is 4.12. The van der Waals surface area contributed by atoms with Crippen LogP contribution in [-0.4, -0.2) is 46.2 Å². The van der Waals surface area contributed by atoms with Gasteiger partial charge in [-0.3, -0.25) is 4.79 Å². The average Bonchev–Trinajstić information content (AvgIpc) is 2.39. The first-order chi connectivity index (χ1) is 9.60. The molecule has 1 rings (SSSR count). The van der Waals surface area contributed by atoms with E-state index in [1.807, 2.05) is 34.6 Å². The molecule has 5 nitrogen and oxygen atoms in total. The number of aliphatic hydroxyl groups is 1. The number of carbonyl (C=O) groups excluding carboxylic acids is 2. The van der Waals surface area contributed by atoms with Crippen LogP contribution in [-0.2, 0) is 9.53 Å². The second-order valence-electron chi connectivity index (χ2n) is 6.98.